The summed E-state index contributed by atoms with van der Waals surface area (Å²) < 4.78 is 13.5. The van der Waals surface area contributed by atoms with E-state index < -0.39 is 11.7 Å². The van der Waals surface area contributed by atoms with E-state index in [2.05, 4.69) is 10.3 Å². The summed E-state index contributed by atoms with van der Waals surface area (Å²) >= 11 is 1.21. The number of hydrogen-bond donors (Lipinski definition) is 2. The maximum absolute atomic E-state index is 13.5. The normalized spacial score (nSPS) is 16.5. The molecule has 128 valence electrons. The highest BCUT2D eigenvalue weighted by molar-refractivity contribution is 7.19. The van der Waals surface area contributed by atoms with Gasteiger partial charge in [0.1, 0.15) is 5.82 Å². The molecule has 1 aliphatic heterocycles. The molecule has 0 aliphatic carbocycles. The fraction of sp³-hybridized carbons (Fsp3) is 0.250. The van der Waals surface area contributed by atoms with Crippen molar-refractivity contribution < 1.29 is 14.0 Å². The van der Waals surface area contributed by atoms with Crippen molar-refractivity contribution in [1.82, 2.24) is 9.88 Å². The van der Waals surface area contributed by atoms with Crippen LogP contribution in [-0.2, 0) is 4.79 Å². The number of hydrogen-bond acceptors (Lipinski definition) is 6. The molecule has 3 rings (SSSR count). The van der Waals surface area contributed by atoms with Crippen LogP contribution in [0, 0.1) is 23.2 Å². The van der Waals surface area contributed by atoms with Gasteiger partial charge in [0.15, 0.2) is 11.3 Å². The molecule has 3 N–H and O–H groups in total. The number of thiazole rings is 1. The second kappa shape index (κ2) is 6.86. The molecule has 1 aromatic heterocycles. The van der Waals surface area contributed by atoms with Gasteiger partial charge < -0.3 is 16.0 Å². The first kappa shape index (κ1) is 16.9. The molecule has 7 nitrogen and oxygen atoms in total. The van der Waals surface area contributed by atoms with Crippen LogP contribution in [0.3, 0.4) is 0 Å². The van der Waals surface area contributed by atoms with Crippen molar-refractivity contribution in [2.24, 2.45) is 11.7 Å². The van der Waals surface area contributed by atoms with E-state index in [-0.39, 0.29) is 17.4 Å². The van der Waals surface area contributed by atoms with Crippen molar-refractivity contribution in [1.29, 1.82) is 5.26 Å². The van der Waals surface area contributed by atoms with E-state index in [9.17, 15) is 14.0 Å². The van der Waals surface area contributed by atoms with Gasteiger partial charge in [0.25, 0.3) is 5.91 Å². The molecule has 1 atom stereocenters. The predicted octanol–water partition coefficient (Wildman–Crippen LogP) is 1.79. The molecule has 1 unspecified atom stereocenters. The minimum absolute atomic E-state index is 0.185. The van der Waals surface area contributed by atoms with Crippen LogP contribution in [0.25, 0.3) is 10.4 Å². The zero-order valence-electron chi connectivity index (χ0n) is 13.0. The van der Waals surface area contributed by atoms with Crippen molar-refractivity contribution in [3.05, 3.63) is 35.8 Å². The largest absolute Gasteiger partial charge is 0.366 e. The van der Waals surface area contributed by atoms with E-state index in [0.717, 1.165) is 0 Å². The number of nitrogens with two attached hydrogens (primary N) is 1. The number of anilines is 1. The van der Waals surface area contributed by atoms with Crippen LogP contribution in [0.15, 0.2) is 24.4 Å². The summed E-state index contributed by atoms with van der Waals surface area (Å²) in [4.78, 5) is 29.8. The first-order valence-corrected chi connectivity index (χ1v) is 8.30. The number of nitrogens with zero attached hydrogens (tertiary/aromatic N) is 3. The number of halogens is 1. The van der Waals surface area contributed by atoms with Crippen LogP contribution in [0.4, 0.5) is 9.52 Å². The molecule has 1 aliphatic rings. The van der Waals surface area contributed by atoms with Gasteiger partial charge in [-0.1, -0.05) is 17.4 Å². The Morgan fingerprint density at radius 1 is 1.48 bits per heavy atom. The summed E-state index contributed by atoms with van der Waals surface area (Å²) in [7, 11) is 0. The number of rotatable bonds is 4. The lowest BCUT2D eigenvalue weighted by molar-refractivity contribution is -0.119. The number of likely N-dealkylation sites (tertiary alicyclic amines) is 1. The van der Waals surface area contributed by atoms with E-state index in [1.165, 1.54) is 35.7 Å². The Morgan fingerprint density at radius 3 is 2.96 bits per heavy atom. The lowest BCUT2D eigenvalue weighted by Gasteiger charge is -2.08. The third-order valence-corrected chi connectivity index (χ3v) is 4.91. The van der Waals surface area contributed by atoms with Gasteiger partial charge in [0, 0.05) is 19.3 Å². The predicted molar refractivity (Wildman–Crippen MR) is 89.9 cm³/mol. The second-order valence-electron chi connectivity index (χ2n) is 5.61. The molecule has 9 heteroatoms. The van der Waals surface area contributed by atoms with Gasteiger partial charge in [-0.3, -0.25) is 9.59 Å². The Morgan fingerprint density at radius 2 is 2.28 bits per heavy atom. The van der Waals surface area contributed by atoms with E-state index in [4.69, 9.17) is 11.0 Å². The Bertz CT molecular complexity index is 876. The number of primary amides is 1. The van der Waals surface area contributed by atoms with Crippen molar-refractivity contribution in [2.75, 3.05) is 18.4 Å². The number of aromatic nitrogens is 1. The van der Waals surface area contributed by atoms with Gasteiger partial charge in [-0.25, -0.2) is 9.37 Å². The van der Waals surface area contributed by atoms with E-state index >= 15 is 0 Å². The van der Waals surface area contributed by atoms with E-state index in [0.29, 0.717) is 35.1 Å². The van der Waals surface area contributed by atoms with Crippen LogP contribution in [-0.4, -0.2) is 34.8 Å². The fourth-order valence-electron chi connectivity index (χ4n) is 2.61. The third kappa shape index (κ3) is 3.59. The monoisotopic (exact) mass is 359 g/mol. The van der Waals surface area contributed by atoms with Crippen LogP contribution >= 0.6 is 11.3 Å². The maximum atomic E-state index is 13.5. The molecule has 1 saturated heterocycles. The molecular formula is C16H14FN5O2S. The first-order valence-electron chi connectivity index (χ1n) is 7.49. The molecule has 0 spiro atoms. The van der Waals surface area contributed by atoms with Gasteiger partial charge in [-0.15, -0.1) is 0 Å². The summed E-state index contributed by atoms with van der Waals surface area (Å²) in [5.74, 6) is -1.96. The average Bonchev–Trinajstić information content (AvgIpc) is 3.24. The summed E-state index contributed by atoms with van der Waals surface area (Å²) in [5, 5.41) is 12.0. The first-order chi connectivity index (χ1) is 12.0. The Balaban J connectivity index is 1.73. The molecule has 2 aromatic rings. The summed E-state index contributed by atoms with van der Waals surface area (Å²) in [6.45, 7) is 0.976. The molecule has 0 saturated carbocycles. The molecule has 0 bridgehead atoms. The number of benzene rings is 1. The fourth-order valence-corrected chi connectivity index (χ4v) is 3.42. The highest BCUT2D eigenvalue weighted by Crippen LogP contribution is 2.30. The van der Waals surface area contributed by atoms with Crippen molar-refractivity contribution >= 4 is 28.3 Å². The number of carbonyl (C=O) groups is 2. The zero-order valence-corrected chi connectivity index (χ0v) is 13.8. The smallest absolute Gasteiger partial charge is 0.251 e. The quantitative estimate of drug-likeness (QED) is 0.808. The van der Waals surface area contributed by atoms with E-state index in [1.807, 2.05) is 6.19 Å². The van der Waals surface area contributed by atoms with Gasteiger partial charge in [0.05, 0.1) is 16.4 Å². The van der Waals surface area contributed by atoms with Crippen molar-refractivity contribution in [3.8, 4) is 16.6 Å². The van der Waals surface area contributed by atoms with Crippen LogP contribution in [0.1, 0.15) is 16.8 Å². The molecule has 2 amide bonds. The topological polar surface area (TPSA) is 112 Å². The van der Waals surface area contributed by atoms with Crippen LogP contribution in [0.2, 0.25) is 0 Å². The molecular weight excluding hydrogens is 345 g/mol. The Kier molecular flexibility index (Phi) is 4.63. The minimum Gasteiger partial charge on any atom is -0.366 e. The number of carbonyl (C=O) groups excluding carboxylic acids is 2. The van der Waals surface area contributed by atoms with Crippen molar-refractivity contribution in [3.63, 3.8) is 0 Å². The second-order valence-corrected chi connectivity index (χ2v) is 6.64. The zero-order chi connectivity index (χ0) is 18.0. The minimum atomic E-state index is -0.847. The molecule has 0 radical (unpaired) electrons. The molecule has 1 fully saturated rings. The highest BCUT2D eigenvalue weighted by atomic mass is 32.1. The standard InChI is InChI=1S/C16H14FN5O2S/c17-12-2-1-9(5-11(12)14(19)23)13-6-20-16(25-13)21-15(24)10-3-4-22(7-10)8-18/h1-2,5-6,10H,3-4,7H2,(H2,19,23)(H,20,21,24). The summed E-state index contributed by atoms with van der Waals surface area (Å²) in [5.41, 5.74) is 5.54. The van der Waals surface area contributed by atoms with E-state index in [1.54, 1.807) is 4.90 Å². The van der Waals surface area contributed by atoms with Crippen molar-refractivity contribution in [2.45, 2.75) is 6.42 Å². The third-order valence-electron chi connectivity index (χ3n) is 3.95. The summed E-state index contributed by atoms with van der Waals surface area (Å²) in [6, 6.07) is 4.05. The van der Waals surface area contributed by atoms with Crippen LogP contribution in [0.5, 0.6) is 0 Å². The maximum Gasteiger partial charge on any atom is 0.251 e. The van der Waals surface area contributed by atoms with Gasteiger partial charge in [-0.05, 0) is 24.1 Å². The lowest BCUT2D eigenvalue weighted by Crippen LogP contribution is -2.25. The summed E-state index contributed by atoms with van der Waals surface area (Å²) in [6.07, 6.45) is 4.19. The number of amides is 2. The number of nitriles is 1. The Labute approximate surface area is 146 Å². The molecule has 25 heavy (non-hydrogen) atoms. The van der Waals surface area contributed by atoms with Gasteiger partial charge in [-0.2, -0.15) is 5.26 Å². The lowest BCUT2D eigenvalue weighted by atomic mass is 10.1. The number of nitrogens with one attached hydrogen (secondary N) is 1. The molecule has 1 aromatic carbocycles. The van der Waals surface area contributed by atoms with Crippen LogP contribution < -0.4 is 11.1 Å². The SMILES string of the molecule is N#CN1CCC(C(=O)Nc2ncc(-c3ccc(F)c(C(N)=O)c3)s2)C1. The average molecular weight is 359 g/mol. The van der Waals surface area contributed by atoms with Gasteiger partial charge >= 0.3 is 0 Å². The Hall–Kier alpha value is -2.99. The highest BCUT2D eigenvalue weighted by Gasteiger charge is 2.28. The van der Waals surface area contributed by atoms with Gasteiger partial charge in [0.2, 0.25) is 5.91 Å². The molecule has 2 heterocycles.